The second-order valence-corrected chi connectivity index (χ2v) is 12.4. The maximum atomic E-state index is 11.9. The smallest absolute Gasteiger partial charge is 0.0857 e. The van der Waals surface area contributed by atoms with E-state index in [1.165, 1.54) is 0 Å². The summed E-state index contributed by atoms with van der Waals surface area (Å²) < 4.78 is 0. The third kappa shape index (κ3) is 5.43. The molecule has 0 radical (unpaired) electrons. The van der Waals surface area contributed by atoms with Gasteiger partial charge in [0.05, 0.1) is 44.8 Å². The SMILES string of the molecule is O=NNc1cc2[nH]c1c(-c1ccccc1)c1nc(c(-c3ccccc3)c3nc(c(-c4ccccc4)c4ccc([nH]4)c2-c2ccccc2)C=C3)C=C1. The fourth-order valence-corrected chi connectivity index (χ4v) is 7.06. The van der Waals surface area contributed by atoms with Gasteiger partial charge in [0.2, 0.25) is 0 Å². The van der Waals surface area contributed by atoms with Crippen LogP contribution in [-0.4, -0.2) is 19.9 Å². The molecule has 0 atom stereocenters. The number of benzene rings is 4. The molecule has 242 valence electrons. The van der Waals surface area contributed by atoms with E-state index in [0.717, 1.165) is 83.8 Å². The van der Waals surface area contributed by atoms with Crippen LogP contribution >= 0.6 is 0 Å². The molecule has 7 nitrogen and oxygen atoms in total. The number of nitrogens with zero attached hydrogens (tertiary/aromatic N) is 3. The van der Waals surface area contributed by atoms with Gasteiger partial charge in [0, 0.05) is 33.3 Å². The van der Waals surface area contributed by atoms with Gasteiger partial charge < -0.3 is 9.97 Å². The zero-order valence-corrected chi connectivity index (χ0v) is 27.3. The molecule has 5 heterocycles. The number of anilines is 1. The van der Waals surface area contributed by atoms with E-state index in [1.54, 1.807) is 0 Å². The van der Waals surface area contributed by atoms with E-state index >= 15 is 0 Å². The van der Waals surface area contributed by atoms with E-state index in [9.17, 15) is 4.91 Å². The third-order valence-electron chi connectivity index (χ3n) is 9.28. The van der Waals surface area contributed by atoms with Gasteiger partial charge in [-0.05, 0) is 64.8 Å². The molecule has 0 saturated carbocycles. The molecule has 8 bridgehead atoms. The van der Waals surface area contributed by atoms with Crippen molar-refractivity contribution in [3.63, 3.8) is 0 Å². The van der Waals surface area contributed by atoms with Crippen molar-refractivity contribution in [2.24, 2.45) is 5.29 Å². The number of hydrogen-bond acceptors (Lipinski definition) is 4. The van der Waals surface area contributed by atoms with Crippen molar-refractivity contribution in [3.05, 3.63) is 167 Å². The lowest BCUT2D eigenvalue weighted by Gasteiger charge is -2.07. The number of nitrogens with one attached hydrogen (secondary N) is 3. The molecule has 0 amide bonds. The van der Waals surface area contributed by atoms with E-state index in [4.69, 9.17) is 9.97 Å². The summed E-state index contributed by atoms with van der Waals surface area (Å²) in [6, 6.07) is 47.0. The third-order valence-corrected chi connectivity index (χ3v) is 9.28. The van der Waals surface area contributed by atoms with Crippen molar-refractivity contribution >= 4 is 52.1 Å². The molecule has 2 aliphatic rings. The second-order valence-electron chi connectivity index (χ2n) is 12.4. The lowest BCUT2D eigenvalue weighted by Crippen LogP contribution is -1.91. The Bertz CT molecular complexity index is 2660. The Kier molecular flexibility index (Phi) is 7.48. The molecular weight excluding hydrogens is 629 g/mol. The summed E-state index contributed by atoms with van der Waals surface area (Å²) in [5.41, 5.74) is 17.4. The average molecular weight is 659 g/mol. The summed E-state index contributed by atoms with van der Waals surface area (Å²) in [4.78, 5) is 30.0. The fraction of sp³-hybridized carbons (Fsp3) is 0. The van der Waals surface area contributed by atoms with Crippen LogP contribution in [0.5, 0.6) is 0 Å². The molecule has 51 heavy (non-hydrogen) atoms. The molecule has 0 spiro atoms. The van der Waals surface area contributed by atoms with Gasteiger partial charge in [0.25, 0.3) is 0 Å². The van der Waals surface area contributed by atoms with Gasteiger partial charge in [0.1, 0.15) is 0 Å². The van der Waals surface area contributed by atoms with Gasteiger partial charge in [-0.15, -0.1) is 4.91 Å². The van der Waals surface area contributed by atoms with Crippen molar-refractivity contribution in [2.75, 3.05) is 5.43 Å². The highest BCUT2D eigenvalue weighted by atomic mass is 16.3. The average Bonchev–Trinajstić information content (AvgIpc) is 4.01. The zero-order chi connectivity index (χ0) is 34.1. The number of aromatic amines is 2. The maximum absolute atomic E-state index is 11.9. The van der Waals surface area contributed by atoms with Crippen LogP contribution in [0.25, 0.3) is 90.9 Å². The Balaban J connectivity index is 1.52. The molecule has 9 rings (SSSR count). The van der Waals surface area contributed by atoms with Crippen molar-refractivity contribution in [3.8, 4) is 44.5 Å². The second kappa shape index (κ2) is 12.7. The van der Waals surface area contributed by atoms with Crippen LogP contribution in [0.1, 0.15) is 22.8 Å². The van der Waals surface area contributed by atoms with Crippen molar-refractivity contribution in [1.29, 1.82) is 0 Å². The highest BCUT2D eigenvalue weighted by molar-refractivity contribution is 6.03. The van der Waals surface area contributed by atoms with E-state index < -0.39 is 0 Å². The molecule has 0 aliphatic carbocycles. The van der Waals surface area contributed by atoms with E-state index in [-0.39, 0.29) is 0 Å². The van der Waals surface area contributed by atoms with Gasteiger partial charge >= 0.3 is 0 Å². The molecule has 0 saturated heterocycles. The Morgan fingerprint density at radius 1 is 0.431 bits per heavy atom. The first-order valence-electron chi connectivity index (χ1n) is 16.8. The molecular formula is C44H30N6O. The minimum atomic E-state index is 0.540. The summed E-state index contributed by atoms with van der Waals surface area (Å²) >= 11 is 0. The molecule has 4 aromatic carbocycles. The van der Waals surface area contributed by atoms with Crippen LogP contribution in [0.4, 0.5) is 5.69 Å². The van der Waals surface area contributed by atoms with Crippen molar-refractivity contribution in [2.45, 2.75) is 0 Å². The van der Waals surface area contributed by atoms with Crippen LogP contribution in [0, 0.1) is 4.91 Å². The van der Waals surface area contributed by atoms with Gasteiger partial charge in [-0.25, -0.2) is 15.4 Å². The van der Waals surface area contributed by atoms with Crippen LogP contribution in [0.3, 0.4) is 0 Å². The predicted octanol–water partition coefficient (Wildman–Crippen LogP) is 11.4. The highest BCUT2D eigenvalue weighted by Gasteiger charge is 2.20. The van der Waals surface area contributed by atoms with Gasteiger partial charge in [-0.2, -0.15) is 0 Å². The summed E-state index contributed by atoms with van der Waals surface area (Å²) in [7, 11) is 0. The molecule has 3 aromatic heterocycles. The lowest BCUT2D eigenvalue weighted by atomic mass is 10.0. The van der Waals surface area contributed by atoms with E-state index in [2.05, 4.69) is 81.4 Å². The minimum Gasteiger partial charge on any atom is -0.354 e. The number of aromatic nitrogens is 4. The molecule has 7 aromatic rings. The van der Waals surface area contributed by atoms with Gasteiger partial charge in [-0.1, -0.05) is 121 Å². The Morgan fingerprint density at radius 3 is 1.35 bits per heavy atom. The van der Waals surface area contributed by atoms with Crippen molar-refractivity contribution < 1.29 is 0 Å². The summed E-state index contributed by atoms with van der Waals surface area (Å²) in [6.45, 7) is 0. The Morgan fingerprint density at radius 2 is 0.843 bits per heavy atom. The monoisotopic (exact) mass is 658 g/mol. The number of rotatable bonds is 6. The topological polar surface area (TPSA) is 98.8 Å². The van der Waals surface area contributed by atoms with E-state index in [1.807, 2.05) is 103 Å². The summed E-state index contributed by atoms with van der Waals surface area (Å²) in [5, 5.41) is 3.13. The molecule has 2 aliphatic heterocycles. The van der Waals surface area contributed by atoms with Crippen LogP contribution < -0.4 is 5.43 Å². The lowest BCUT2D eigenvalue weighted by molar-refractivity contribution is 1.27. The number of fused-ring (bicyclic) bond motifs is 8. The first kappa shape index (κ1) is 30.0. The Labute approximate surface area is 293 Å². The highest BCUT2D eigenvalue weighted by Crippen LogP contribution is 2.40. The van der Waals surface area contributed by atoms with Crippen molar-refractivity contribution in [1.82, 2.24) is 19.9 Å². The van der Waals surface area contributed by atoms with Crippen LogP contribution in [-0.2, 0) is 0 Å². The number of nitroso groups, excluding NO2 is 1. The fourth-order valence-electron chi connectivity index (χ4n) is 7.06. The van der Waals surface area contributed by atoms with E-state index in [0.29, 0.717) is 11.2 Å². The first-order valence-corrected chi connectivity index (χ1v) is 16.8. The Hall–Kier alpha value is -7.12. The number of H-pyrrole nitrogens is 2. The maximum Gasteiger partial charge on any atom is 0.0857 e. The largest absolute Gasteiger partial charge is 0.354 e. The number of hydrogen-bond donors (Lipinski definition) is 3. The standard InChI is InChI=1S/C44H30N6O/c51-50-49-39-27-38-42(30-17-9-3-10-18-30)36-24-23-34(46-36)40(28-13-5-1-6-14-28)32-21-22-33(45-32)41(29-15-7-2-8-16-29)35-25-26-37(47-35)43(44(39)48-38)31-19-11-4-12-20-31/h1-27,46,48H,(H,49,51). The molecule has 0 unspecified atom stereocenters. The molecule has 0 fully saturated rings. The molecule has 3 N–H and O–H groups in total. The van der Waals surface area contributed by atoms with Gasteiger partial charge in [-0.3, -0.25) is 0 Å². The normalized spacial score (nSPS) is 11.8. The summed E-state index contributed by atoms with van der Waals surface area (Å²) in [5.74, 6) is 0. The van der Waals surface area contributed by atoms with Gasteiger partial charge in [0.15, 0.2) is 0 Å². The quantitative estimate of drug-likeness (QED) is 0.122. The van der Waals surface area contributed by atoms with Crippen LogP contribution in [0.15, 0.2) is 145 Å². The van der Waals surface area contributed by atoms with Crippen LogP contribution in [0.2, 0.25) is 0 Å². The predicted molar refractivity (Wildman–Crippen MR) is 210 cm³/mol. The zero-order valence-electron chi connectivity index (χ0n) is 27.3. The first-order chi connectivity index (χ1) is 25.2. The molecule has 7 heteroatoms. The minimum absolute atomic E-state index is 0.540. The summed E-state index contributed by atoms with van der Waals surface area (Å²) in [6.07, 6.45) is 8.24.